The number of halogens is 5. The number of benzene rings is 1. The summed E-state index contributed by atoms with van der Waals surface area (Å²) in [6.07, 6.45) is -5.20. The maximum atomic E-state index is 12.3. The highest BCUT2D eigenvalue weighted by Gasteiger charge is 2.34. The molecule has 0 atom stereocenters. The second-order valence-electron chi connectivity index (χ2n) is 3.60. The van der Waals surface area contributed by atoms with Crippen molar-refractivity contribution in [3.8, 4) is 17.6 Å². The van der Waals surface area contributed by atoms with Gasteiger partial charge in [-0.05, 0) is 6.92 Å². The Bertz CT molecular complexity index is 594. The summed E-state index contributed by atoms with van der Waals surface area (Å²) in [4.78, 5) is 11.6. The van der Waals surface area contributed by atoms with E-state index in [9.17, 15) is 26.7 Å². The average Bonchev–Trinajstić information content (AvgIpc) is 2.38. The number of esters is 1. The second-order valence-corrected chi connectivity index (χ2v) is 3.60. The molecular weight excluding hydrogens is 317 g/mol. The summed E-state index contributed by atoms with van der Waals surface area (Å²) >= 11 is 0. The first-order valence-electron chi connectivity index (χ1n) is 5.63. The van der Waals surface area contributed by atoms with E-state index in [0.29, 0.717) is 12.1 Å². The number of rotatable bonds is 5. The monoisotopic (exact) mass is 325 g/mol. The Morgan fingerprint density at radius 2 is 1.95 bits per heavy atom. The Kier molecular flexibility index (Phi) is 5.50. The van der Waals surface area contributed by atoms with Crippen LogP contribution in [-0.2, 0) is 4.74 Å². The summed E-state index contributed by atoms with van der Waals surface area (Å²) in [5, 5.41) is 8.85. The van der Waals surface area contributed by atoms with Gasteiger partial charge in [0.25, 0.3) is 0 Å². The minimum Gasteiger partial charge on any atom is -0.462 e. The Balaban J connectivity index is 3.38. The van der Waals surface area contributed by atoms with E-state index in [1.807, 2.05) is 0 Å². The third-order valence-corrected chi connectivity index (χ3v) is 2.14. The van der Waals surface area contributed by atoms with Crippen LogP contribution in [0.2, 0.25) is 0 Å². The number of nitriles is 1. The molecule has 0 N–H and O–H groups in total. The van der Waals surface area contributed by atoms with E-state index in [4.69, 9.17) is 5.26 Å². The van der Waals surface area contributed by atoms with Gasteiger partial charge in [-0.3, -0.25) is 0 Å². The fourth-order valence-electron chi connectivity index (χ4n) is 1.42. The number of hydrogen-bond donors (Lipinski definition) is 0. The van der Waals surface area contributed by atoms with E-state index in [0.717, 1.165) is 0 Å². The smallest absolute Gasteiger partial charge is 0.462 e. The first kappa shape index (κ1) is 17.5. The van der Waals surface area contributed by atoms with Crippen LogP contribution >= 0.6 is 0 Å². The van der Waals surface area contributed by atoms with Crippen LogP contribution in [0.3, 0.4) is 0 Å². The van der Waals surface area contributed by atoms with Crippen LogP contribution in [0, 0.1) is 11.3 Å². The Morgan fingerprint density at radius 1 is 1.32 bits per heavy atom. The lowest BCUT2D eigenvalue weighted by Crippen LogP contribution is -2.19. The van der Waals surface area contributed by atoms with Gasteiger partial charge < -0.3 is 14.2 Å². The average molecular weight is 325 g/mol. The third kappa shape index (κ3) is 4.76. The highest BCUT2D eigenvalue weighted by Crippen LogP contribution is 2.36. The number of hydrogen-bond acceptors (Lipinski definition) is 5. The van der Waals surface area contributed by atoms with E-state index >= 15 is 0 Å². The molecule has 0 heterocycles. The Labute approximate surface area is 120 Å². The molecule has 0 aliphatic rings. The molecule has 0 aliphatic carbocycles. The predicted octanol–water partition coefficient (Wildman–Crippen LogP) is 3.23. The van der Waals surface area contributed by atoms with Gasteiger partial charge in [0.05, 0.1) is 17.7 Å². The van der Waals surface area contributed by atoms with Crippen molar-refractivity contribution in [2.24, 2.45) is 0 Å². The van der Waals surface area contributed by atoms with Crippen molar-refractivity contribution >= 4 is 5.97 Å². The van der Waals surface area contributed by atoms with E-state index in [1.165, 1.54) is 13.0 Å². The maximum absolute atomic E-state index is 12.3. The molecule has 1 aromatic rings. The van der Waals surface area contributed by atoms with Crippen LogP contribution in [0.15, 0.2) is 12.1 Å². The first-order chi connectivity index (χ1) is 10.2. The maximum Gasteiger partial charge on any atom is 0.573 e. The zero-order valence-electron chi connectivity index (χ0n) is 10.9. The van der Waals surface area contributed by atoms with Gasteiger partial charge in [-0.25, -0.2) is 4.79 Å². The van der Waals surface area contributed by atoms with E-state index in [1.54, 1.807) is 0 Å². The highest BCUT2D eigenvalue weighted by atomic mass is 19.4. The van der Waals surface area contributed by atoms with Crippen molar-refractivity contribution in [2.75, 3.05) is 6.61 Å². The zero-order valence-corrected chi connectivity index (χ0v) is 10.9. The molecule has 0 radical (unpaired) electrons. The first-order valence-corrected chi connectivity index (χ1v) is 5.63. The Hall–Kier alpha value is -2.57. The summed E-state index contributed by atoms with van der Waals surface area (Å²) in [6.45, 7) is -2.10. The molecule has 0 fully saturated rings. The lowest BCUT2D eigenvalue weighted by atomic mass is 10.1. The van der Waals surface area contributed by atoms with E-state index in [-0.39, 0.29) is 6.61 Å². The van der Waals surface area contributed by atoms with Crippen LogP contribution in [0.5, 0.6) is 11.5 Å². The van der Waals surface area contributed by atoms with Crippen LogP contribution in [-0.4, -0.2) is 25.6 Å². The molecule has 0 saturated carbocycles. The quantitative estimate of drug-likeness (QED) is 0.614. The van der Waals surface area contributed by atoms with E-state index < -0.39 is 41.6 Å². The minimum atomic E-state index is -5.20. The molecule has 0 aliphatic heterocycles. The topological polar surface area (TPSA) is 68.6 Å². The summed E-state index contributed by atoms with van der Waals surface area (Å²) in [5.41, 5.74) is -1.06. The number of carbonyl (C=O) groups is 1. The van der Waals surface area contributed by atoms with Crippen molar-refractivity contribution in [2.45, 2.75) is 19.9 Å². The van der Waals surface area contributed by atoms with Crippen LogP contribution < -0.4 is 9.47 Å². The summed E-state index contributed by atoms with van der Waals surface area (Å²) in [6, 6.07) is 2.45. The highest BCUT2D eigenvalue weighted by molar-refractivity contribution is 5.93. The fourth-order valence-corrected chi connectivity index (χ4v) is 1.42. The predicted molar refractivity (Wildman–Crippen MR) is 60.4 cm³/mol. The van der Waals surface area contributed by atoms with Crippen LogP contribution in [0.1, 0.15) is 22.8 Å². The molecule has 1 aromatic carbocycles. The molecule has 0 spiro atoms. The molecular formula is C12H8F5NO4. The van der Waals surface area contributed by atoms with Gasteiger partial charge in [-0.2, -0.15) is 14.0 Å². The molecule has 5 nitrogen and oxygen atoms in total. The number of alkyl halides is 5. The second kappa shape index (κ2) is 6.93. The van der Waals surface area contributed by atoms with Crippen LogP contribution in [0.25, 0.3) is 0 Å². The Morgan fingerprint density at radius 3 is 2.41 bits per heavy atom. The standard InChI is InChI=1S/C12H8F5NO4/c1-2-20-10(19)7-4-8(21-11(13)14)9(3-6(7)5-18)22-12(15,16)17/h3-4,11H,2H2,1H3. The van der Waals surface area contributed by atoms with Gasteiger partial charge in [0.15, 0.2) is 11.5 Å². The molecule has 0 amide bonds. The number of ether oxygens (including phenoxy) is 3. The lowest BCUT2D eigenvalue weighted by molar-refractivity contribution is -0.275. The van der Waals surface area contributed by atoms with Crippen molar-refractivity contribution in [1.82, 2.24) is 0 Å². The molecule has 0 unspecified atom stereocenters. The van der Waals surface area contributed by atoms with Crippen molar-refractivity contribution in [1.29, 1.82) is 5.26 Å². The summed E-state index contributed by atoms with van der Waals surface area (Å²) in [5.74, 6) is -3.29. The van der Waals surface area contributed by atoms with Crippen molar-refractivity contribution < 1.29 is 41.0 Å². The lowest BCUT2D eigenvalue weighted by Gasteiger charge is -2.15. The SMILES string of the molecule is CCOC(=O)c1cc(OC(F)F)c(OC(F)(F)F)cc1C#N. The summed E-state index contributed by atoms with van der Waals surface area (Å²) < 4.78 is 73.2. The molecule has 120 valence electrons. The van der Waals surface area contributed by atoms with Crippen molar-refractivity contribution in [3.05, 3.63) is 23.3 Å². The van der Waals surface area contributed by atoms with Gasteiger partial charge in [0.1, 0.15) is 6.07 Å². The van der Waals surface area contributed by atoms with Crippen molar-refractivity contribution in [3.63, 3.8) is 0 Å². The normalized spacial score (nSPS) is 11.0. The zero-order chi connectivity index (χ0) is 16.9. The molecule has 10 heteroatoms. The van der Waals surface area contributed by atoms with Gasteiger partial charge in [0.2, 0.25) is 0 Å². The van der Waals surface area contributed by atoms with Gasteiger partial charge >= 0.3 is 18.9 Å². The molecule has 0 bridgehead atoms. The van der Waals surface area contributed by atoms with Gasteiger partial charge in [0, 0.05) is 12.1 Å². The largest absolute Gasteiger partial charge is 0.573 e. The number of carbonyl (C=O) groups excluding carboxylic acids is 1. The molecule has 0 aromatic heterocycles. The number of nitrogens with zero attached hydrogens (tertiary/aromatic N) is 1. The van der Waals surface area contributed by atoms with Gasteiger partial charge in [-0.1, -0.05) is 0 Å². The molecule has 22 heavy (non-hydrogen) atoms. The fraction of sp³-hybridized carbons (Fsp3) is 0.333. The van der Waals surface area contributed by atoms with Crippen LogP contribution in [0.4, 0.5) is 22.0 Å². The van der Waals surface area contributed by atoms with Gasteiger partial charge in [-0.15, -0.1) is 13.2 Å². The van der Waals surface area contributed by atoms with E-state index in [2.05, 4.69) is 14.2 Å². The third-order valence-electron chi connectivity index (χ3n) is 2.14. The summed E-state index contributed by atoms with van der Waals surface area (Å²) in [7, 11) is 0. The molecule has 1 rings (SSSR count). The molecule has 0 saturated heterocycles. The minimum absolute atomic E-state index is 0.0878.